The Balaban J connectivity index is 1.73. The number of aromatic nitrogens is 1. The summed E-state index contributed by atoms with van der Waals surface area (Å²) in [5.41, 5.74) is 3.44. The van der Waals surface area contributed by atoms with Crippen LogP contribution in [0.4, 0.5) is 5.69 Å². The molecule has 23 heavy (non-hydrogen) atoms. The van der Waals surface area contributed by atoms with Gasteiger partial charge in [-0.25, -0.2) is 13.4 Å². The maximum Gasteiger partial charge on any atom is 0.243 e. The highest BCUT2D eigenvalue weighted by atomic mass is 32.2. The molecule has 0 aliphatic carbocycles. The lowest BCUT2D eigenvalue weighted by Crippen LogP contribution is -2.39. The Hall–Kier alpha value is -1.48. The van der Waals surface area contributed by atoms with E-state index in [1.165, 1.54) is 15.6 Å². The van der Waals surface area contributed by atoms with Crippen molar-refractivity contribution < 1.29 is 13.5 Å². The van der Waals surface area contributed by atoms with Gasteiger partial charge in [-0.3, -0.25) is 0 Å². The largest absolute Gasteiger partial charge is 0.393 e. The second-order valence-electron chi connectivity index (χ2n) is 5.50. The van der Waals surface area contributed by atoms with E-state index in [9.17, 15) is 13.5 Å². The van der Waals surface area contributed by atoms with Crippen molar-refractivity contribution in [2.75, 3.05) is 18.4 Å². The van der Waals surface area contributed by atoms with Crippen molar-refractivity contribution in [3.8, 4) is 0 Å². The van der Waals surface area contributed by atoms with E-state index in [0.717, 1.165) is 11.4 Å². The van der Waals surface area contributed by atoms with Crippen LogP contribution in [0.1, 0.15) is 18.5 Å². The summed E-state index contributed by atoms with van der Waals surface area (Å²) >= 11 is 1.53. The first-order chi connectivity index (χ1) is 11.1. The molecule has 0 atom stereocenters. The van der Waals surface area contributed by atoms with Crippen molar-refractivity contribution in [1.29, 1.82) is 0 Å². The Morgan fingerprint density at radius 1 is 1.35 bits per heavy atom. The summed E-state index contributed by atoms with van der Waals surface area (Å²) in [5, 5.41) is 14.7. The highest BCUT2D eigenvalue weighted by Gasteiger charge is 2.28. The number of nitrogens with zero attached hydrogens (tertiary/aromatic N) is 2. The Kier molecular flexibility index (Phi) is 4.96. The number of sulfonamides is 1. The van der Waals surface area contributed by atoms with Crippen LogP contribution in [0.15, 0.2) is 40.1 Å². The monoisotopic (exact) mass is 353 g/mol. The van der Waals surface area contributed by atoms with Crippen LogP contribution in [0.25, 0.3) is 0 Å². The van der Waals surface area contributed by atoms with E-state index in [1.807, 2.05) is 11.4 Å². The zero-order valence-electron chi connectivity index (χ0n) is 12.6. The molecule has 2 N–H and O–H groups in total. The number of aliphatic hydroxyl groups excluding tert-OH is 1. The van der Waals surface area contributed by atoms with Gasteiger partial charge in [0.25, 0.3) is 0 Å². The minimum atomic E-state index is -3.51. The van der Waals surface area contributed by atoms with Crippen molar-refractivity contribution in [2.24, 2.45) is 0 Å². The first kappa shape index (κ1) is 16.4. The molecule has 0 radical (unpaired) electrons. The van der Waals surface area contributed by atoms with E-state index in [1.54, 1.807) is 23.7 Å². The van der Waals surface area contributed by atoms with Gasteiger partial charge in [-0.05, 0) is 31.0 Å². The molecule has 2 heterocycles. The molecule has 1 aliphatic heterocycles. The Morgan fingerprint density at radius 3 is 2.83 bits per heavy atom. The molecule has 1 saturated heterocycles. The highest BCUT2D eigenvalue weighted by molar-refractivity contribution is 7.89. The van der Waals surface area contributed by atoms with E-state index in [2.05, 4.69) is 10.3 Å². The summed E-state index contributed by atoms with van der Waals surface area (Å²) in [7, 11) is -3.51. The van der Waals surface area contributed by atoms with Crippen molar-refractivity contribution >= 4 is 27.0 Å². The molecule has 124 valence electrons. The van der Waals surface area contributed by atoms with Crippen LogP contribution in [-0.4, -0.2) is 42.0 Å². The molecular weight excluding hydrogens is 334 g/mol. The smallest absolute Gasteiger partial charge is 0.243 e. The highest BCUT2D eigenvalue weighted by Crippen LogP contribution is 2.23. The van der Waals surface area contributed by atoms with Crippen LogP contribution in [0.5, 0.6) is 0 Å². The first-order valence-corrected chi connectivity index (χ1v) is 9.83. The maximum absolute atomic E-state index is 12.7. The molecule has 3 rings (SSSR count). The maximum atomic E-state index is 12.7. The molecule has 8 heteroatoms. The molecule has 0 amide bonds. The zero-order chi connectivity index (χ0) is 16.3. The van der Waals surface area contributed by atoms with Gasteiger partial charge in [-0.1, -0.05) is 6.07 Å². The van der Waals surface area contributed by atoms with Crippen LogP contribution < -0.4 is 5.32 Å². The van der Waals surface area contributed by atoms with Crippen molar-refractivity contribution in [2.45, 2.75) is 30.4 Å². The fourth-order valence-corrected chi connectivity index (χ4v) is 4.59. The van der Waals surface area contributed by atoms with E-state index >= 15 is 0 Å². The summed E-state index contributed by atoms with van der Waals surface area (Å²) in [6.45, 7) is 1.28. The third kappa shape index (κ3) is 3.89. The summed E-state index contributed by atoms with van der Waals surface area (Å²) in [6, 6.07) is 6.82. The average Bonchev–Trinajstić information content (AvgIpc) is 3.07. The number of anilines is 1. The van der Waals surface area contributed by atoms with Gasteiger partial charge in [0.1, 0.15) is 0 Å². The Labute approximate surface area is 139 Å². The van der Waals surface area contributed by atoms with Crippen LogP contribution in [0.2, 0.25) is 0 Å². The summed E-state index contributed by atoms with van der Waals surface area (Å²) < 4.78 is 26.8. The molecule has 1 aliphatic rings. The van der Waals surface area contributed by atoms with Gasteiger partial charge in [0.2, 0.25) is 10.0 Å². The molecular formula is C15H19N3O3S2. The fourth-order valence-electron chi connectivity index (χ4n) is 2.52. The van der Waals surface area contributed by atoms with Gasteiger partial charge in [0.15, 0.2) is 0 Å². The Bertz CT molecular complexity index is 739. The number of rotatable bonds is 5. The van der Waals surface area contributed by atoms with Crippen molar-refractivity contribution in [3.05, 3.63) is 40.8 Å². The van der Waals surface area contributed by atoms with E-state index < -0.39 is 16.1 Å². The third-order valence-electron chi connectivity index (χ3n) is 3.85. The van der Waals surface area contributed by atoms with Crippen LogP contribution in [0.3, 0.4) is 0 Å². The van der Waals surface area contributed by atoms with E-state index in [0.29, 0.717) is 32.5 Å². The topological polar surface area (TPSA) is 82.5 Å². The summed E-state index contributed by atoms with van der Waals surface area (Å²) in [6.07, 6.45) is 0.578. The second kappa shape index (κ2) is 6.96. The van der Waals surface area contributed by atoms with Gasteiger partial charge in [-0.15, -0.1) is 11.3 Å². The molecule has 0 unspecified atom stereocenters. The lowest BCUT2D eigenvalue weighted by Gasteiger charge is -2.28. The number of aliphatic hydroxyl groups is 1. The number of hydrogen-bond donors (Lipinski definition) is 2. The number of benzene rings is 1. The van der Waals surface area contributed by atoms with E-state index in [4.69, 9.17) is 0 Å². The Morgan fingerprint density at radius 2 is 2.13 bits per heavy atom. The first-order valence-electron chi connectivity index (χ1n) is 7.45. The molecule has 0 saturated carbocycles. The second-order valence-corrected chi connectivity index (χ2v) is 8.15. The number of nitrogens with one attached hydrogen (secondary N) is 1. The quantitative estimate of drug-likeness (QED) is 0.858. The molecule has 0 bridgehead atoms. The van der Waals surface area contributed by atoms with Crippen molar-refractivity contribution in [1.82, 2.24) is 9.29 Å². The number of thiazole rings is 1. The zero-order valence-corrected chi connectivity index (χ0v) is 14.2. The lowest BCUT2D eigenvalue weighted by atomic mass is 10.1. The normalized spacial score (nSPS) is 17.3. The van der Waals surface area contributed by atoms with Crippen LogP contribution in [0, 0.1) is 0 Å². The standard InChI is InChI=1S/C15H19N3O3S2/c19-14-4-6-18(7-5-14)23(20,21)15-3-1-2-12(8-15)16-9-13-10-22-11-17-13/h1-3,8,10-11,14,16,19H,4-7,9H2. The molecule has 1 aromatic carbocycles. The van der Waals surface area contributed by atoms with Gasteiger partial charge >= 0.3 is 0 Å². The van der Waals surface area contributed by atoms with Gasteiger partial charge < -0.3 is 10.4 Å². The third-order valence-corrected chi connectivity index (χ3v) is 6.38. The molecule has 0 spiro atoms. The fraction of sp³-hybridized carbons (Fsp3) is 0.400. The molecule has 1 fully saturated rings. The van der Waals surface area contributed by atoms with E-state index in [-0.39, 0.29) is 4.90 Å². The number of piperidine rings is 1. The molecule has 6 nitrogen and oxygen atoms in total. The molecule has 2 aromatic rings. The van der Waals surface area contributed by atoms with Crippen molar-refractivity contribution in [3.63, 3.8) is 0 Å². The average molecular weight is 353 g/mol. The minimum Gasteiger partial charge on any atom is -0.393 e. The van der Waals surface area contributed by atoms with Gasteiger partial charge in [0.05, 0.1) is 28.7 Å². The SMILES string of the molecule is O=S(=O)(c1cccc(NCc2cscn2)c1)N1CCC(O)CC1. The van der Waals surface area contributed by atoms with Gasteiger partial charge in [-0.2, -0.15) is 4.31 Å². The predicted molar refractivity (Wildman–Crippen MR) is 89.9 cm³/mol. The van der Waals surface area contributed by atoms with Crippen LogP contribution in [-0.2, 0) is 16.6 Å². The summed E-state index contributed by atoms with van der Waals surface area (Å²) in [4.78, 5) is 4.46. The van der Waals surface area contributed by atoms with Crippen LogP contribution >= 0.6 is 11.3 Å². The number of hydrogen-bond acceptors (Lipinski definition) is 6. The molecule has 1 aromatic heterocycles. The lowest BCUT2D eigenvalue weighted by molar-refractivity contribution is 0.113. The predicted octanol–water partition coefficient (Wildman–Crippen LogP) is 1.90. The minimum absolute atomic E-state index is 0.275. The van der Waals surface area contributed by atoms with Gasteiger partial charge in [0, 0.05) is 24.2 Å². The summed E-state index contributed by atoms with van der Waals surface area (Å²) in [5.74, 6) is 0.